The fourth-order valence-electron chi connectivity index (χ4n) is 2.28. The topological polar surface area (TPSA) is 92.3 Å². The number of esters is 2. The van der Waals surface area contributed by atoms with Crippen molar-refractivity contribution in [1.82, 2.24) is 0 Å². The van der Waals surface area contributed by atoms with Crippen LogP contribution in [0, 0.1) is 0 Å². The van der Waals surface area contributed by atoms with Crippen molar-refractivity contribution in [2.45, 2.75) is 0 Å². The molecular formula is C21H23NO7. The molecule has 0 aliphatic rings. The maximum absolute atomic E-state index is 11.7. The average molecular weight is 401 g/mol. The molecule has 0 saturated heterocycles. The number of ether oxygens (including phenoxy) is 5. The number of hydrogen-bond donors (Lipinski definition) is 1. The van der Waals surface area contributed by atoms with Crippen LogP contribution in [0.15, 0.2) is 60.3 Å². The lowest BCUT2D eigenvalue weighted by Crippen LogP contribution is -2.17. The van der Waals surface area contributed by atoms with Gasteiger partial charge in [-0.15, -0.1) is 0 Å². The fourth-order valence-corrected chi connectivity index (χ4v) is 2.28. The largest absolute Gasteiger partial charge is 0.493 e. The van der Waals surface area contributed by atoms with Crippen LogP contribution < -0.4 is 19.5 Å². The first-order valence-electron chi connectivity index (χ1n) is 8.71. The molecule has 0 heterocycles. The fraction of sp³-hybridized carbons (Fsp3) is 0.238. The van der Waals surface area contributed by atoms with Crippen molar-refractivity contribution in [3.63, 3.8) is 0 Å². The van der Waals surface area contributed by atoms with Crippen LogP contribution in [0.25, 0.3) is 0 Å². The lowest BCUT2D eigenvalue weighted by atomic mass is 10.2. The Balaban J connectivity index is 2.04. The molecule has 154 valence electrons. The minimum Gasteiger partial charge on any atom is -0.493 e. The summed E-state index contributed by atoms with van der Waals surface area (Å²) in [5, 5.41) is 2.85. The zero-order valence-corrected chi connectivity index (χ0v) is 16.5. The summed E-state index contributed by atoms with van der Waals surface area (Å²) in [6.45, 7) is 0.639. The monoisotopic (exact) mass is 401 g/mol. The predicted octanol–water partition coefficient (Wildman–Crippen LogP) is 2.79. The van der Waals surface area contributed by atoms with Crippen molar-refractivity contribution in [1.29, 1.82) is 0 Å². The first kappa shape index (κ1) is 21.6. The van der Waals surface area contributed by atoms with Gasteiger partial charge in [0.1, 0.15) is 19.0 Å². The van der Waals surface area contributed by atoms with Crippen LogP contribution in [0.5, 0.6) is 17.2 Å². The summed E-state index contributed by atoms with van der Waals surface area (Å²) in [5.41, 5.74) is 0.291. The molecule has 0 saturated carbocycles. The van der Waals surface area contributed by atoms with Crippen molar-refractivity contribution in [3.05, 3.63) is 60.3 Å². The normalized spacial score (nSPS) is 9.76. The van der Waals surface area contributed by atoms with Gasteiger partial charge in [0.15, 0.2) is 17.1 Å². The van der Waals surface area contributed by atoms with Gasteiger partial charge in [-0.05, 0) is 24.3 Å². The first-order valence-corrected chi connectivity index (χ1v) is 8.71. The summed E-state index contributed by atoms with van der Waals surface area (Å²) in [7, 11) is 3.88. The van der Waals surface area contributed by atoms with Gasteiger partial charge in [-0.1, -0.05) is 18.2 Å². The summed E-state index contributed by atoms with van der Waals surface area (Å²) in [6.07, 6.45) is 1.21. The van der Waals surface area contributed by atoms with Crippen LogP contribution in [0.1, 0.15) is 0 Å². The third-order valence-electron chi connectivity index (χ3n) is 3.71. The number of nitrogens with one attached hydrogen (secondary N) is 1. The van der Waals surface area contributed by atoms with Crippen LogP contribution in [0.4, 0.5) is 5.69 Å². The molecule has 8 nitrogen and oxygen atoms in total. The van der Waals surface area contributed by atoms with E-state index in [0.29, 0.717) is 30.4 Å². The molecular weight excluding hydrogens is 378 g/mol. The molecule has 29 heavy (non-hydrogen) atoms. The molecule has 1 N–H and O–H groups in total. The number of carbonyl (C=O) groups is 2. The quantitative estimate of drug-likeness (QED) is 0.214. The summed E-state index contributed by atoms with van der Waals surface area (Å²) in [6, 6.07) is 14.5. The van der Waals surface area contributed by atoms with E-state index in [1.54, 1.807) is 18.2 Å². The smallest absolute Gasteiger partial charge is 0.346 e. The Morgan fingerprint density at radius 1 is 0.862 bits per heavy atom. The van der Waals surface area contributed by atoms with Crippen LogP contribution >= 0.6 is 0 Å². The van der Waals surface area contributed by atoms with E-state index in [0.717, 1.165) is 5.75 Å². The summed E-state index contributed by atoms with van der Waals surface area (Å²) in [5.74, 6) is 0.127. The molecule has 2 aromatic rings. The summed E-state index contributed by atoms with van der Waals surface area (Å²) in [4.78, 5) is 23.4. The SMILES string of the molecule is COC(=O)C(=CNc1ccc(OC)c(OCCOc2ccccc2)c1)C(=O)OC. The highest BCUT2D eigenvalue weighted by Gasteiger charge is 2.19. The van der Waals surface area contributed by atoms with Gasteiger partial charge in [0.05, 0.1) is 21.3 Å². The number of anilines is 1. The third-order valence-corrected chi connectivity index (χ3v) is 3.71. The number of rotatable bonds is 10. The maximum atomic E-state index is 11.7. The standard InChI is InChI=1S/C21H23NO7/c1-25-18-10-9-15(22-14-17(20(23)26-2)21(24)27-3)13-19(18)29-12-11-28-16-7-5-4-6-8-16/h4-10,13-14,22H,11-12H2,1-3H3. The lowest BCUT2D eigenvalue weighted by Gasteiger charge is -2.13. The van der Waals surface area contributed by atoms with Crippen molar-refractivity contribution in [2.75, 3.05) is 39.9 Å². The van der Waals surface area contributed by atoms with Crippen LogP contribution in [0.2, 0.25) is 0 Å². The van der Waals surface area contributed by atoms with E-state index < -0.39 is 11.9 Å². The van der Waals surface area contributed by atoms with Gasteiger partial charge in [0.2, 0.25) is 0 Å². The number of benzene rings is 2. The van der Waals surface area contributed by atoms with Gasteiger partial charge in [0.25, 0.3) is 0 Å². The van der Waals surface area contributed by atoms with E-state index >= 15 is 0 Å². The lowest BCUT2D eigenvalue weighted by molar-refractivity contribution is -0.144. The molecule has 0 radical (unpaired) electrons. The zero-order valence-electron chi connectivity index (χ0n) is 16.5. The predicted molar refractivity (Wildman–Crippen MR) is 106 cm³/mol. The van der Waals surface area contributed by atoms with Crippen LogP contribution in [-0.2, 0) is 19.1 Å². The second-order valence-electron chi connectivity index (χ2n) is 5.56. The second-order valence-corrected chi connectivity index (χ2v) is 5.56. The van der Waals surface area contributed by atoms with Gasteiger partial charge in [-0.2, -0.15) is 0 Å². The van der Waals surface area contributed by atoms with Crippen molar-refractivity contribution in [2.24, 2.45) is 0 Å². The van der Waals surface area contributed by atoms with Crippen LogP contribution in [-0.4, -0.2) is 46.5 Å². The van der Waals surface area contributed by atoms with E-state index in [4.69, 9.17) is 14.2 Å². The average Bonchev–Trinajstić information content (AvgIpc) is 2.77. The first-order chi connectivity index (χ1) is 14.1. The van der Waals surface area contributed by atoms with E-state index in [2.05, 4.69) is 14.8 Å². The molecule has 0 amide bonds. The van der Waals surface area contributed by atoms with E-state index in [1.807, 2.05) is 30.3 Å². The highest BCUT2D eigenvalue weighted by molar-refractivity contribution is 6.14. The summed E-state index contributed by atoms with van der Waals surface area (Å²) < 4.78 is 25.8. The minimum absolute atomic E-state index is 0.274. The molecule has 0 spiro atoms. The molecule has 0 fully saturated rings. The molecule has 0 aliphatic heterocycles. The molecule has 8 heteroatoms. The molecule has 0 bridgehead atoms. The second kappa shape index (κ2) is 11.2. The molecule has 2 aromatic carbocycles. The molecule has 0 aromatic heterocycles. The molecule has 0 atom stereocenters. The van der Waals surface area contributed by atoms with Crippen molar-refractivity contribution < 1.29 is 33.3 Å². The Kier molecular flexibility index (Phi) is 8.37. The van der Waals surface area contributed by atoms with Gasteiger partial charge in [-0.25, -0.2) is 9.59 Å². The Bertz CT molecular complexity index is 831. The van der Waals surface area contributed by atoms with E-state index in [9.17, 15) is 9.59 Å². The van der Waals surface area contributed by atoms with Crippen molar-refractivity contribution >= 4 is 17.6 Å². The number of methoxy groups -OCH3 is 3. The third kappa shape index (κ3) is 6.46. The highest BCUT2D eigenvalue weighted by atomic mass is 16.5. The Morgan fingerprint density at radius 2 is 1.52 bits per heavy atom. The molecule has 0 aliphatic carbocycles. The van der Waals surface area contributed by atoms with Crippen molar-refractivity contribution in [3.8, 4) is 17.2 Å². The summed E-state index contributed by atoms with van der Waals surface area (Å²) >= 11 is 0. The maximum Gasteiger partial charge on any atom is 0.346 e. The van der Waals surface area contributed by atoms with Gasteiger partial charge in [-0.3, -0.25) is 0 Å². The Morgan fingerprint density at radius 3 is 2.14 bits per heavy atom. The zero-order chi connectivity index (χ0) is 21.1. The van der Waals surface area contributed by atoms with Crippen LogP contribution in [0.3, 0.4) is 0 Å². The molecule has 0 unspecified atom stereocenters. The number of carbonyl (C=O) groups excluding carboxylic acids is 2. The minimum atomic E-state index is -0.813. The number of hydrogen-bond acceptors (Lipinski definition) is 8. The number of para-hydroxylation sites is 1. The Hall–Kier alpha value is -3.68. The van der Waals surface area contributed by atoms with Gasteiger partial charge < -0.3 is 29.0 Å². The van der Waals surface area contributed by atoms with Gasteiger partial charge in [0, 0.05) is 18.0 Å². The van der Waals surface area contributed by atoms with E-state index in [1.165, 1.54) is 27.5 Å². The van der Waals surface area contributed by atoms with E-state index in [-0.39, 0.29) is 5.57 Å². The highest BCUT2D eigenvalue weighted by Crippen LogP contribution is 2.30. The molecule has 2 rings (SSSR count). The Labute approximate surface area is 169 Å². The van der Waals surface area contributed by atoms with Gasteiger partial charge >= 0.3 is 11.9 Å².